The molecule has 0 radical (unpaired) electrons. The van der Waals surface area contributed by atoms with Crippen LogP contribution in [0.1, 0.15) is 15.9 Å². The number of hydrogen-bond acceptors (Lipinski definition) is 5. The summed E-state index contributed by atoms with van der Waals surface area (Å²) < 4.78 is 10.5. The van der Waals surface area contributed by atoms with E-state index in [2.05, 4.69) is 10.5 Å². The molecule has 1 aliphatic rings. The maximum Gasteiger partial charge on any atom is 0.275 e. The maximum absolute atomic E-state index is 11.8. The number of hydrazone groups is 1. The lowest BCUT2D eigenvalue weighted by Gasteiger charge is -2.02. The third kappa shape index (κ3) is 2.79. The molecule has 3 rings (SSSR count). The standard InChI is InChI=1S/C15H12N2O4/c18-12-4-2-1-3-11(12)15(19)17-16-8-10-5-6-13-14(7-10)21-9-20-13/h1-8,18H,9H2,(H,17,19). The number of nitrogens with one attached hydrogen (secondary N) is 1. The third-order valence-corrected chi connectivity index (χ3v) is 2.93. The molecule has 0 saturated carbocycles. The molecule has 21 heavy (non-hydrogen) atoms. The molecule has 0 saturated heterocycles. The zero-order valence-corrected chi connectivity index (χ0v) is 10.9. The Labute approximate surface area is 120 Å². The molecule has 6 nitrogen and oxygen atoms in total. The van der Waals surface area contributed by atoms with Crippen LogP contribution in [0.3, 0.4) is 0 Å². The Bertz CT molecular complexity index is 713. The number of para-hydroxylation sites is 1. The Balaban J connectivity index is 1.67. The van der Waals surface area contributed by atoms with Gasteiger partial charge in [-0.15, -0.1) is 0 Å². The van der Waals surface area contributed by atoms with E-state index < -0.39 is 5.91 Å². The highest BCUT2D eigenvalue weighted by Crippen LogP contribution is 2.31. The van der Waals surface area contributed by atoms with Gasteiger partial charge in [0.1, 0.15) is 5.75 Å². The summed E-state index contributed by atoms with van der Waals surface area (Å²) in [6.07, 6.45) is 1.49. The number of nitrogens with zero attached hydrogens (tertiary/aromatic N) is 1. The van der Waals surface area contributed by atoms with Crippen molar-refractivity contribution in [3.8, 4) is 17.2 Å². The van der Waals surface area contributed by atoms with Gasteiger partial charge in [-0.3, -0.25) is 4.79 Å². The van der Waals surface area contributed by atoms with E-state index in [9.17, 15) is 9.90 Å². The number of carbonyl (C=O) groups is 1. The van der Waals surface area contributed by atoms with E-state index in [4.69, 9.17) is 9.47 Å². The number of hydrogen-bond donors (Lipinski definition) is 2. The van der Waals surface area contributed by atoms with Crippen LogP contribution in [0.2, 0.25) is 0 Å². The van der Waals surface area contributed by atoms with Gasteiger partial charge in [0.25, 0.3) is 5.91 Å². The molecule has 0 aliphatic carbocycles. The van der Waals surface area contributed by atoms with E-state index >= 15 is 0 Å². The van der Waals surface area contributed by atoms with Gasteiger partial charge in [0.2, 0.25) is 6.79 Å². The lowest BCUT2D eigenvalue weighted by Crippen LogP contribution is -2.17. The van der Waals surface area contributed by atoms with Gasteiger partial charge in [-0.25, -0.2) is 5.43 Å². The number of phenolic OH excluding ortho intramolecular Hbond substituents is 1. The molecule has 1 amide bonds. The summed E-state index contributed by atoms with van der Waals surface area (Å²) in [6, 6.07) is 11.6. The topological polar surface area (TPSA) is 80.2 Å². The fraction of sp³-hybridized carbons (Fsp3) is 0.0667. The van der Waals surface area contributed by atoms with Crippen molar-refractivity contribution in [3.05, 3.63) is 53.6 Å². The molecule has 106 valence electrons. The predicted octanol–water partition coefficient (Wildman–Crippen LogP) is 1.88. The number of amides is 1. The molecule has 0 atom stereocenters. The van der Waals surface area contributed by atoms with Gasteiger partial charge in [-0.05, 0) is 35.9 Å². The predicted molar refractivity (Wildman–Crippen MR) is 75.7 cm³/mol. The van der Waals surface area contributed by atoms with E-state index in [1.165, 1.54) is 18.3 Å². The molecule has 2 aromatic rings. The van der Waals surface area contributed by atoms with Crippen LogP contribution in [0.15, 0.2) is 47.6 Å². The number of benzene rings is 2. The SMILES string of the molecule is O=C(NN=Cc1ccc2c(c1)OCO2)c1ccccc1O. The summed E-state index contributed by atoms with van der Waals surface area (Å²) >= 11 is 0. The second-order valence-corrected chi connectivity index (χ2v) is 4.33. The summed E-state index contributed by atoms with van der Waals surface area (Å²) in [4.78, 5) is 11.8. The monoisotopic (exact) mass is 284 g/mol. The summed E-state index contributed by atoms with van der Waals surface area (Å²) in [5.41, 5.74) is 3.28. The van der Waals surface area contributed by atoms with Crippen molar-refractivity contribution in [3.63, 3.8) is 0 Å². The van der Waals surface area contributed by atoms with Crippen LogP contribution in [-0.2, 0) is 0 Å². The van der Waals surface area contributed by atoms with Gasteiger partial charge < -0.3 is 14.6 Å². The fourth-order valence-corrected chi connectivity index (χ4v) is 1.88. The minimum atomic E-state index is -0.481. The van der Waals surface area contributed by atoms with E-state index in [0.717, 1.165) is 5.56 Å². The highest BCUT2D eigenvalue weighted by Gasteiger charge is 2.12. The van der Waals surface area contributed by atoms with Crippen LogP contribution < -0.4 is 14.9 Å². The Kier molecular flexibility index (Phi) is 3.42. The van der Waals surface area contributed by atoms with E-state index in [0.29, 0.717) is 11.5 Å². The van der Waals surface area contributed by atoms with Crippen LogP contribution in [0.5, 0.6) is 17.2 Å². The smallest absolute Gasteiger partial charge is 0.275 e. The summed E-state index contributed by atoms with van der Waals surface area (Å²) in [6.45, 7) is 0.208. The fourth-order valence-electron chi connectivity index (χ4n) is 1.88. The maximum atomic E-state index is 11.8. The first-order valence-corrected chi connectivity index (χ1v) is 6.25. The minimum absolute atomic E-state index is 0.0896. The second-order valence-electron chi connectivity index (χ2n) is 4.33. The molecule has 6 heteroatoms. The van der Waals surface area contributed by atoms with Crippen molar-refractivity contribution in [2.75, 3.05) is 6.79 Å². The third-order valence-electron chi connectivity index (χ3n) is 2.93. The van der Waals surface area contributed by atoms with Crippen molar-refractivity contribution >= 4 is 12.1 Å². The number of aromatic hydroxyl groups is 1. The average Bonchev–Trinajstić information content (AvgIpc) is 2.95. The Hall–Kier alpha value is -3.02. The molecular weight excluding hydrogens is 272 g/mol. The first kappa shape index (κ1) is 13.0. The lowest BCUT2D eigenvalue weighted by molar-refractivity contribution is 0.0952. The summed E-state index contributed by atoms with van der Waals surface area (Å²) in [7, 11) is 0. The van der Waals surface area contributed by atoms with Crippen LogP contribution >= 0.6 is 0 Å². The Morgan fingerprint density at radius 3 is 2.86 bits per heavy atom. The van der Waals surface area contributed by atoms with Crippen molar-refractivity contribution in [2.45, 2.75) is 0 Å². The molecule has 1 heterocycles. The van der Waals surface area contributed by atoms with Crippen LogP contribution in [0.4, 0.5) is 0 Å². The number of ether oxygens (including phenoxy) is 2. The number of fused-ring (bicyclic) bond motifs is 1. The molecule has 0 aromatic heterocycles. The molecule has 0 unspecified atom stereocenters. The summed E-state index contributed by atoms with van der Waals surface area (Å²) in [5, 5.41) is 13.4. The number of rotatable bonds is 3. The van der Waals surface area contributed by atoms with Crippen LogP contribution in [0, 0.1) is 0 Å². The zero-order valence-electron chi connectivity index (χ0n) is 10.9. The number of phenols is 1. The van der Waals surface area contributed by atoms with E-state index in [1.54, 1.807) is 30.3 Å². The molecule has 2 N–H and O–H groups in total. The average molecular weight is 284 g/mol. The van der Waals surface area contributed by atoms with Gasteiger partial charge in [-0.2, -0.15) is 5.10 Å². The number of carbonyl (C=O) groups excluding carboxylic acids is 1. The second kappa shape index (κ2) is 5.54. The molecule has 1 aliphatic heterocycles. The van der Waals surface area contributed by atoms with Crippen molar-refractivity contribution in [2.24, 2.45) is 5.10 Å². The van der Waals surface area contributed by atoms with Crippen molar-refractivity contribution < 1.29 is 19.4 Å². The minimum Gasteiger partial charge on any atom is -0.507 e. The van der Waals surface area contributed by atoms with Gasteiger partial charge in [0.15, 0.2) is 11.5 Å². The molecule has 0 bridgehead atoms. The highest BCUT2D eigenvalue weighted by atomic mass is 16.7. The van der Waals surface area contributed by atoms with Gasteiger partial charge in [0.05, 0.1) is 11.8 Å². The lowest BCUT2D eigenvalue weighted by atomic mass is 10.2. The molecular formula is C15H12N2O4. The van der Waals surface area contributed by atoms with Gasteiger partial charge in [-0.1, -0.05) is 12.1 Å². The van der Waals surface area contributed by atoms with Crippen molar-refractivity contribution in [1.29, 1.82) is 0 Å². The molecule has 0 spiro atoms. The zero-order chi connectivity index (χ0) is 14.7. The first-order chi connectivity index (χ1) is 10.2. The van der Waals surface area contributed by atoms with Gasteiger partial charge in [0, 0.05) is 0 Å². The Morgan fingerprint density at radius 1 is 1.19 bits per heavy atom. The van der Waals surface area contributed by atoms with Gasteiger partial charge >= 0.3 is 0 Å². The first-order valence-electron chi connectivity index (χ1n) is 6.25. The van der Waals surface area contributed by atoms with E-state index in [-0.39, 0.29) is 18.1 Å². The molecule has 2 aromatic carbocycles. The van der Waals surface area contributed by atoms with Crippen LogP contribution in [0.25, 0.3) is 0 Å². The highest BCUT2D eigenvalue weighted by molar-refractivity contribution is 5.97. The molecule has 0 fully saturated rings. The van der Waals surface area contributed by atoms with E-state index in [1.807, 2.05) is 0 Å². The Morgan fingerprint density at radius 2 is 2.00 bits per heavy atom. The normalized spacial score (nSPS) is 12.6. The quantitative estimate of drug-likeness (QED) is 0.666. The van der Waals surface area contributed by atoms with Crippen LogP contribution in [-0.4, -0.2) is 24.0 Å². The largest absolute Gasteiger partial charge is 0.507 e. The van der Waals surface area contributed by atoms with Crippen molar-refractivity contribution in [1.82, 2.24) is 5.43 Å². The summed E-state index contributed by atoms with van der Waals surface area (Å²) in [5.74, 6) is 0.759.